The smallest absolute Gasteiger partial charge is 0.162 e. The zero-order chi connectivity index (χ0) is 12.9. The van der Waals surface area contributed by atoms with E-state index in [0.29, 0.717) is 0 Å². The average Bonchev–Trinajstić information content (AvgIpc) is 2.64. The van der Waals surface area contributed by atoms with Crippen molar-refractivity contribution in [3.63, 3.8) is 0 Å². The molecule has 0 spiro atoms. The first kappa shape index (κ1) is 11.8. The average molecular weight is 323 g/mol. The first-order chi connectivity index (χ1) is 8.56. The standard InChI is InChI=1S/C14H8BrFOS/c1-7(17)9-5-11-10-4-8(15)2-3-13(10)18-14(11)6-12(9)16/h2-6H,1H3. The highest BCUT2D eigenvalue weighted by molar-refractivity contribution is 9.10. The molecule has 1 aromatic heterocycles. The van der Waals surface area contributed by atoms with Crippen LogP contribution in [0.5, 0.6) is 0 Å². The summed E-state index contributed by atoms with van der Waals surface area (Å²) in [5, 5.41) is 1.98. The molecule has 0 saturated carbocycles. The van der Waals surface area contributed by atoms with Crippen LogP contribution in [0.3, 0.4) is 0 Å². The van der Waals surface area contributed by atoms with Crippen molar-refractivity contribution in [2.45, 2.75) is 6.92 Å². The van der Waals surface area contributed by atoms with Crippen LogP contribution in [0.15, 0.2) is 34.8 Å². The molecular weight excluding hydrogens is 315 g/mol. The van der Waals surface area contributed by atoms with Gasteiger partial charge in [0.25, 0.3) is 0 Å². The second kappa shape index (κ2) is 4.14. The molecule has 0 unspecified atom stereocenters. The van der Waals surface area contributed by atoms with Gasteiger partial charge < -0.3 is 0 Å². The number of carbonyl (C=O) groups excluding carboxylic acids is 1. The third-order valence-electron chi connectivity index (χ3n) is 2.90. The van der Waals surface area contributed by atoms with Crippen LogP contribution in [0.4, 0.5) is 4.39 Å². The SMILES string of the molecule is CC(=O)c1cc2c(cc1F)sc1ccc(Br)cc12. The molecule has 0 aliphatic heterocycles. The molecular formula is C14H8BrFOS. The largest absolute Gasteiger partial charge is 0.294 e. The van der Waals surface area contributed by atoms with Crippen LogP contribution in [-0.2, 0) is 0 Å². The molecule has 0 fully saturated rings. The lowest BCUT2D eigenvalue weighted by Crippen LogP contribution is -1.95. The molecule has 4 heteroatoms. The number of ketones is 1. The van der Waals surface area contributed by atoms with Crippen LogP contribution in [-0.4, -0.2) is 5.78 Å². The zero-order valence-electron chi connectivity index (χ0n) is 9.46. The lowest BCUT2D eigenvalue weighted by Gasteiger charge is -1.99. The molecule has 0 atom stereocenters. The van der Waals surface area contributed by atoms with Gasteiger partial charge in [0.15, 0.2) is 5.78 Å². The summed E-state index contributed by atoms with van der Waals surface area (Å²) in [5.41, 5.74) is 0.155. The molecule has 0 saturated heterocycles. The van der Waals surface area contributed by atoms with Crippen LogP contribution >= 0.6 is 27.3 Å². The van der Waals surface area contributed by atoms with Crippen molar-refractivity contribution < 1.29 is 9.18 Å². The van der Waals surface area contributed by atoms with E-state index < -0.39 is 5.82 Å². The van der Waals surface area contributed by atoms with Crippen molar-refractivity contribution >= 4 is 53.2 Å². The highest BCUT2D eigenvalue weighted by atomic mass is 79.9. The van der Waals surface area contributed by atoms with Crippen molar-refractivity contribution in [2.75, 3.05) is 0 Å². The normalized spacial score (nSPS) is 11.3. The third kappa shape index (κ3) is 1.76. The lowest BCUT2D eigenvalue weighted by molar-refractivity contribution is 0.101. The van der Waals surface area contributed by atoms with Gasteiger partial charge in [0.05, 0.1) is 5.56 Å². The van der Waals surface area contributed by atoms with Crippen LogP contribution in [0.2, 0.25) is 0 Å². The van der Waals surface area contributed by atoms with E-state index in [9.17, 15) is 9.18 Å². The van der Waals surface area contributed by atoms with E-state index in [1.165, 1.54) is 24.3 Å². The van der Waals surface area contributed by atoms with Gasteiger partial charge >= 0.3 is 0 Å². The monoisotopic (exact) mass is 322 g/mol. The molecule has 0 aliphatic rings. The Morgan fingerprint density at radius 3 is 2.61 bits per heavy atom. The van der Waals surface area contributed by atoms with Gasteiger partial charge in [0, 0.05) is 24.6 Å². The summed E-state index contributed by atoms with van der Waals surface area (Å²) >= 11 is 4.96. The zero-order valence-corrected chi connectivity index (χ0v) is 11.9. The first-order valence-corrected chi connectivity index (χ1v) is 6.99. The van der Waals surface area contributed by atoms with E-state index in [4.69, 9.17) is 0 Å². The highest BCUT2D eigenvalue weighted by Gasteiger charge is 2.13. The van der Waals surface area contributed by atoms with Crippen molar-refractivity contribution in [3.8, 4) is 0 Å². The summed E-state index contributed by atoms with van der Waals surface area (Å²) in [6.45, 7) is 1.38. The Hall–Kier alpha value is -1.26. The number of halogens is 2. The molecule has 0 aliphatic carbocycles. The Kier molecular flexibility index (Phi) is 2.72. The van der Waals surface area contributed by atoms with E-state index in [-0.39, 0.29) is 11.3 Å². The van der Waals surface area contributed by atoms with Crippen molar-refractivity contribution in [1.29, 1.82) is 0 Å². The van der Waals surface area contributed by atoms with Crippen molar-refractivity contribution in [2.24, 2.45) is 0 Å². The molecule has 0 radical (unpaired) electrons. The Labute approximate surface area is 115 Å². The summed E-state index contributed by atoms with van der Waals surface area (Å²) in [6.07, 6.45) is 0. The van der Waals surface area contributed by atoms with E-state index in [2.05, 4.69) is 15.9 Å². The van der Waals surface area contributed by atoms with E-state index in [0.717, 1.165) is 24.6 Å². The Morgan fingerprint density at radius 1 is 1.17 bits per heavy atom. The summed E-state index contributed by atoms with van der Waals surface area (Å²) in [7, 11) is 0. The van der Waals surface area contributed by atoms with E-state index >= 15 is 0 Å². The molecule has 90 valence electrons. The van der Waals surface area contributed by atoms with E-state index in [1.54, 1.807) is 6.07 Å². The molecule has 3 rings (SSSR count). The summed E-state index contributed by atoms with van der Waals surface area (Å²) in [5.74, 6) is -0.690. The van der Waals surface area contributed by atoms with Crippen LogP contribution in [0.25, 0.3) is 20.2 Å². The molecule has 3 aromatic rings. The predicted molar refractivity (Wildman–Crippen MR) is 77.0 cm³/mol. The fourth-order valence-electron chi connectivity index (χ4n) is 2.04. The van der Waals surface area contributed by atoms with Crippen molar-refractivity contribution in [1.82, 2.24) is 0 Å². The maximum Gasteiger partial charge on any atom is 0.162 e. The minimum absolute atomic E-state index is 0.155. The molecule has 2 aromatic carbocycles. The molecule has 1 heterocycles. The van der Waals surface area contributed by atoms with Gasteiger partial charge in [-0.3, -0.25) is 4.79 Å². The van der Waals surface area contributed by atoms with Crippen molar-refractivity contribution in [3.05, 3.63) is 46.2 Å². The molecule has 18 heavy (non-hydrogen) atoms. The number of rotatable bonds is 1. The second-order valence-electron chi connectivity index (χ2n) is 4.13. The summed E-state index contributed by atoms with van der Waals surface area (Å²) in [6, 6.07) is 9.05. The number of hydrogen-bond donors (Lipinski definition) is 0. The maximum absolute atomic E-state index is 13.8. The molecule has 0 bridgehead atoms. The Morgan fingerprint density at radius 2 is 1.89 bits per heavy atom. The van der Waals surface area contributed by atoms with Gasteiger partial charge in [-0.05, 0) is 37.3 Å². The van der Waals surface area contributed by atoms with Crippen LogP contribution in [0, 0.1) is 5.82 Å². The van der Waals surface area contributed by atoms with Gasteiger partial charge in [-0.15, -0.1) is 11.3 Å². The summed E-state index contributed by atoms with van der Waals surface area (Å²) in [4.78, 5) is 11.4. The molecule has 0 amide bonds. The third-order valence-corrected chi connectivity index (χ3v) is 4.53. The number of Topliss-reactive ketones (excluding diaryl/α,β-unsaturated/α-hetero) is 1. The van der Waals surface area contributed by atoms with Gasteiger partial charge in [-0.25, -0.2) is 4.39 Å². The minimum Gasteiger partial charge on any atom is -0.294 e. The maximum atomic E-state index is 13.8. The second-order valence-corrected chi connectivity index (χ2v) is 6.13. The number of fused-ring (bicyclic) bond motifs is 3. The lowest BCUT2D eigenvalue weighted by atomic mass is 10.1. The molecule has 0 N–H and O–H groups in total. The van der Waals surface area contributed by atoms with Gasteiger partial charge in [0.2, 0.25) is 0 Å². The fraction of sp³-hybridized carbons (Fsp3) is 0.0714. The van der Waals surface area contributed by atoms with E-state index in [1.807, 2.05) is 18.2 Å². The fourth-order valence-corrected chi connectivity index (χ4v) is 3.49. The minimum atomic E-state index is -0.444. The topological polar surface area (TPSA) is 17.1 Å². The number of hydrogen-bond acceptors (Lipinski definition) is 2. The van der Waals surface area contributed by atoms with Crippen LogP contribution < -0.4 is 0 Å². The predicted octanol–water partition coefficient (Wildman–Crippen LogP) is 5.16. The number of thiophene rings is 1. The molecule has 1 nitrogen and oxygen atoms in total. The number of carbonyl (C=O) groups is 1. The van der Waals surface area contributed by atoms with Gasteiger partial charge in [-0.1, -0.05) is 15.9 Å². The van der Waals surface area contributed by atoms with Gasteiger partial charge in [-0.2, -0.15) is 0 Å². The van der Waals surface area contributed by atoms with Gasteiger partial charge in [0.1, 0.15) is 5.82 Å². The highest BCUT2D eigenvalue weighted by Crippen LogP contribution is 2.36. The summed E-state index contributed by atoms with van der Waals surface area (Å²) < 4.78 is 16.7. The first-order valence-electron chi connectivity index (χ1n) is 5.38. The Bertz CT molecular complexity index is 791. The van der Waals surface area contributed by atoms with Crippen LogP contribution in [0.1, 0.15) is 17.3 Å². The Balaban J connectivity index is 2.46. The number of benzene rings is 2. The quantitative estimate of drug-likeness (QED) is 0.565.